The van der Waals surface area contributed by atoms with Gasteiger partial charge in [0.05, 0.1) is 10.9 Å². The fourth-order valence-electron chi connectivity index (χ4n) is 4.65. The van der Waals surface area contributed by atoms with Gasteiger partial charge in [0.2, 0.25) is 11.2 Å². The molecular weight excluding hydrogens is 422 g/mol. The summed E-state index contributed by atoms with van der Waals surface area (Å²) in [7, 11) is 0. The third-order valence-corrected chi connectivity index (χ3v) is 6.22. The van der Waals surface area contributed by atoms with Crippen molar-refractivity contribution in [2.75, 3.05) is 0 Å². The maximum absolute atomic E-state index is 13.2. The second-order valence-electron chi connectivity index (χ2n) is 8.62. The second kappa shape index (κ2) is 6.65. The number of furan rings is 1. The zero-order chi connectivity index (χ0) is 23.0. The fourth-order valence-corrected chi connectivity index (χ4v) is 4.65. The summed E-state index contributed by atoms with van der Waals surface area (Å²) in [6.07, 6.45) is 1.63. The molecule has 33 heavy (non-hydrogen) atoms. The fraction of sp³-hybridized carbons (Fsp3) is 0.200. The number of nitrogens with one attached hydrogen (secondary N) is 2. The predicted octanol–water partition coefficient (Wildman–Crippen LogP) is 4.53. The van der Waals surface area contributed by atoms with E-state index in [4.69, 9.17) is 9.15 Å². The lowest BCUT2D eigenvalue weighted by Gasteiger charge is -2.25. The molecule has 8 heteroatoms. The Kier molecular flexibility index (Phi) is 3.93. The molecule has 0 saturated heterocycles. The van der Waals surface area contributed by atoms with E-state index >= 15 is 0 Å². The lowest BCUT2D eigenvalue weighted by Crippen LogP contribution is -2.19. The molecule has 0 saturated carbocycles. The summed E-state index contributed by atoms with van der Waals surface area (Å²) in [5.74, 6) is 0.302. The molecule has 0 spiro atoms. The number of fused-ring (bicyclic) bond motifs is 5. The predicted molar refractivity (Wildman–Crippen MR) is 127 cm³/mol. The number of hydrogen-bond acceptors (Lipinski definition) is 5. The van der Waals surface area contributed by atoms with Gasteiger partial charge in [-0.05, 0) is 45.0 Å². The van der Waals surface area contributed by atoms with Crippen molar-refractivity contribution >= 4 is 44.8 Å². The minimum Gasteiger partial charge on any atom is -0.502 e. The van der Waals surface area contributed by atoms with Crippen LogP contribution in [-0.2, 0) is 0 Å². The van der Waals surface area contributed by atoms with E-state index in [9.17, 15) is 14.7 Å². The zero-order valence-corrected chi connectivity index (χ0v) is 18.2. The molecule has 0 fully saturated rings. The molecule has 3 N–H and O–H groups in total. The number of phenols is 1. The smallest absolute Gasteiger partial charge is 0.274 e. The Morgan fingerprint density at radius 2 is 1.88 bits per heavy atom. The summed E-state index contributed by atoms with van der Waals surface area (Å²) in [6, 6.07) is 10.6. The Hall–Kier alpha value is -4.20. The van der Waals surface area contributed by atoms with Gasteiger partial charge < -0.3 is 19.2 Å². The van der Waals surface area contributed by atoms with Crippen LogP contribution in [0, 0.1) is 0 Å². The van der Waals surface area contributed by atoms with Gasteiger partial charge in [-0.1, -0.05) is 18.2 Å². The topological polar surface area (TPSA) is 113 Å². The van der Waals surface area contributed by atoms with Crippen LogP contribution in [0.25, 0.3) is 44.8 Å². The molecule has 0 aliphatic carbocycles. The van der Waals surface area contributed by atoms with Crippen molar-refractivity contribution in [1.82, 2.24) is 14.8 Å². The van der Waals surface area contributed by atoms with Crippen molar-refractivity contribution in [3.05, 3.63) is 68.1 Å². The largest absolute Gasteiger partial charge is 0.502 e. The molecule has 0 radical (unpaired) electrons. The lowest BCUT2D eigenvalue weighted by atomic mass is 9.93. The van der Waals surface area contributed by atoms with Gasteiger partial charge in [0.25, 0.3) is 5.56 Å². The summed E-state index contributed by atoms with van der Waals surface area (Å²) in [5.41, 5.74) is 3.08. The number of pyridine rings is 1. The summed E-state index contributed by atoms with van der Waals surface area (Å²) in [6.45, 7) is 5.86. The first-order chi connectivity index (χ1) is 15.8. The standard InChI is InChI=1S/C25H21N3O5/c1-11(2)28-24-19(25(31)27-28)18(15-10-13-6-4-5-7-17(13)32-12(15)3)23-20(26-24)14-8-9-16(29)21(30)22(14)33-23/h4-12,26,30H,1-3H3,(H,27,31). The molecule has 166 valence electrons. The van der Waals surface area contributed by atoms with E-state index in [1.807, 2.05) is 51.1 Å². The van der Waals surface area contributed by atoms with Crippen LogP contribution in [0.1, 0.15) is 37.9 Å². The van der Waals surface area contributed by atoms with Gasteiger partial charge in [-0.15, -0.1) is 0 Å². The Morgan fingerprint density at radius 3 is 2.67 bits per heavy atom. The molecule has 6 rings (SSSR count). The van der Waals surface area contributed by atoms with E-state index in [-0.39, 0.29) is 23.3 Å². The van der Waals surface area contributed by atoms with Crippen LogP contribution < -0.4 is 15.7 Å². The average molecular weight is 443 g/mol. The van der Waals surface area contributed by atoms with Crippen molar-refractivity contribution in [1.29, 1.82) is 0 Å². The molecule has 5 aromatic rings. The monoisotopic (exact) mass is 443 g/mol. The van der Waals surface area contributed by atoms with Gasteiger partial charge in [-0.25, -0.2) is 0 Å². The number of aromatic amines is 2. The highest BCUT2D eigenvalue weighted by Crippen LogP contribution is 2.42. The minimum atomic E-state index is -0.528. The summed E-state index contributed by atoms with van der Waals surface area (Å²) < 4.78 is 14.0. The highest BCUT2D eigenvalue weighted by atomic mass is 16.5. The van der Waals surface area contributed by atoms with Gasteiger partial charge in [0.1, 0.15) is 17.5 Å². The van der Waals surface area contributed by atoms with Crippen LogP contribution in [0.2, 0.25) is 0 Å². The number of ether oxygens (including phenoxy) is 1. The molecule has 4 heterocycles. The van der Waals surface area contributed by atoms with Crippen LogP contribution in [0.3, 0.4) is 0 Å². The number of H-pyrrole nitrogens is 2. The molecule has 1 unspecified atom stereocenters. The van der Waals surface area contributed by atoms with Crippen molar-refractivity contribution in [2.24, 2.45) is 0 Å². The Balaban J connectivity index is 1.83. The third-order valence-electron chi connectivity index (χ3n) is 6.22. The summed E-state index contributed by atoms with van der Waals surface area (Å²) >= 11 is 0. The number of aromatic hydroxyl groups is 1. The minimum absolute atomic E-state index is 0.0219. The Labute approximate surface area is 186 Å². The number of nitrogens with zero attached hydrogens (tertiary/aromatic N) is 1. The van der Waals surface area contributed by atoms with E-state index in [2.05, 4.69) is 10.1 Å². The molecule has 1 aliphatic rings. The normalized spacial score (nSPS) is 15.9. The maximum Gasteiger partial charge on any atom is 0.274 e. The van der Waals surface area contributed by atoms with E-state index in [0.717, 1.165) is 16.9 Å². The van der Waals surface area contributed by atoms with Crippen molar-refractivity contribution in [3.8, 4) is 11.5 Å². The van der Waals surface area contributed by atoms with Crippen LogP contribution >= 0.6 is 0 Å². The summed E-state index contributed by atoms with van der Waals surface area (Å²) in [4.78, 5) is 28.6. The van der Waals surface area contributed by atoms with Gasteiger partial charge in [-0.2, -0.15) is 0 Å². The van der Waals surface area contributed by atoms with E-state index in [1.165, 1.54) is 6.07 Å². The summed E-state index contributed by atoms with van der Waals surface area (Å²) in [5, 5.41) is 14.3. The molecule has 1 aliphatic heterocycles. The molecule has 1 atom stereocenters. The van der Waals surface area contributed by atoms with Crippen molar-refractivity contribution < 1.29 is 14.3 Å². The quantitative estimate of drug-likeness (QED) is 0.371. The number of benzene rings is 2. The molecule has 0 bridgehead atoms. The van der Waals surface area contributed by atoms with Crippen molar-refractivity contribution in [2.45, 2.75) is 32.9 Å². The van der Waals surface area contributed by atoms with Crippen LogP contribution in [0.5, 0.6) is 11.5 Å². The molecule has 0 amide bonds. The number of aromatic nitrogens is 3. The first kappa shape index (κ1) is 19.5. The zero-order valence-electron chi connectivity index (χ0n) is 18.2. The number of hydrogen-bond donors (Lipinski definition) is 3. The first-order valence-electron chi connectivity index (χ1n) is 10.8. The van der Waals surface area contributed by atoms with Crippen molar-refractivity contribution in [3.63, 3.8) is 0 Å². The van der Waals surface area contributed by atoms with Gasteiger partial charge in [0.15, 0.2) is 11.2 Å². The Bertz CT molecular complexity index is 1750. The van der Waals surface area contributed by atoms with Gasteiger partial charge in [0, 0.05) is 28.1 Å². The molecule has 3 aromatic heterocycles. The second-order valence-corrected chi connectivity index (χ2v) is 8.62. The van der Waals surface area contributed by atoms with Gasteiger partial charge in [-0.3, -0.25) is 19.4 Å². The molecular formula is C25H21N3O5. The number of phenolic OH excluding ortho intramolecular Hbond substituents is 1. The molecule has 8 nitrogen and oxygen atoms in total. The van der Waals surface area contributed by atoms with Crippen LogP contribution in [0.15, 0.2) is 50.4 Å². The molecule has 2 aromatic carbocycles. The average Bonchev–Trinajstić information content (AvgIpc) is 3.33. The Morgan fingerprint density at radius 1 is 1.09 bits per heavy atom. The van der Waals surface area contributed by atoms with E-state index < -0.39 is 11.2 Å². The van der Waals surface area contributed by atoms with Gasteiger partial charge >= 0.3 is 0 Å². The number of rotatable bonds is 2. The highest BCUT2D eigenvalue weighted by molar-refractivity contribution is 6.14. The maximum atomic E-state index is 13.2. The SMILES string of the molecule is CC1Oc2ccccc2C=C1c1c2oc3c(O)c(=O)ccc3c2[nH]c2c1c(=O)[nH]n2C(C)C. The van der Waals surface area contributed by atoms with E-state index in [0.29, 0.717) is 33.1 Å². The number of para-hydroxylation sites is 1. The first-order valence-corrected chi connectivity index (χ1v) is 10.8. The third kappa shape index (κ3) is 2.64. The van der Waals surface area contributed by atoms with E-state index in [1.54, 1.807) is 10.7 Å². The van der Waals surface area contributed by atoms with Crippen LogP contribution in [-0.4, -0.2) is 26.0 Å². The highest BCUT2D eigenvalue weighted by Gasteiger charge is 2.29. The lowest BCUT2D eigenvalue weighted by molar-refractivity contribution is 0.275. The van der Waals surface area contributed by atoms with Crippen LogP contribution in [0.4, 0.5) is 0 Å².